The van der Waals surface area contributed by atoms with Crippen molar-refractivity contribution in [1.29, 1.82) is 0 Å². The highest BCUT2D eigenvalue weighted by atomic mass is 16.6. The first-order valence-electron chi connectivity index (χ1n) is 19.3. The molecule has 0 radical (unpaired) electrons. The molecule has 0 aliphatic carbocycles. The lowest BCUT2D eigenvalue weighted by Gasteiger charge is -2.29. The zero-order valence-corrected chi connectivity index (χ0v) is 32.5. The van der Waals surface area contributed by atoms with E-state index in [1.54, 1.807) is 12.1 Å². The van der Waals surface area contributed by atoms with E-state index in [4.69, 9.17) is 33.2 Å². The van der Waals surface area contributed by atoms with Crippen LogP contribution >= 0.6 is 0 Å². The molecule has 0 saturated carbocycles. The van der Waals surface area contributed by atoms with Gasteiger partial charge in [-0.2, -0.15) is 0 Å². The highest BCUT2D eigenvalue weighted by Gasteiger charge is 2.44. The molecule has 2 aliphatic heterocycles. The Labute approximate surface area is 335 Å². The number of carbonyl (C=O) groups is 3. The summed E-state index contributed by atoms with van der Waals surface area (Å²) in [6.07, 6.45) is 6.40. The number of nitrogens with one attached hydrogen (secondary N) is 1. The van der Waals surface area contributed by atoms with Gasteiger partial charge >= 0.3 is 0 Å². The van der Waals surface area contributed by atoms with Crippen LogP contribution in [0.1, 0.15) is 33.6 Å². The van der Waals surface area contributed by atoms with Gasteiger partial charge in [0.1, 0.15) is 25.0 Å². The second-order valence-corrected chi connectivity index (χ2v) is 13.7. The zero-order chi connectivity index (χ0) is 40.3. The fourth-order valence-electron chi connectivity index (χ4n) is 6.89. The third kappa shape index (κ3) is 9.69. The van der Waals surface area contributed by atoms with E-state index in [1.807, 2.05) is 36.8 Å². The molecular formula is C43H47N5O10. The molecule has 1 saturated heterocycles. The number of benzene rings is 2. The van der Waals surface area contributed by atoms with Crippen molar-refractivity contribution >= 4 is 39.5 Å². The number of pyridine rings is 2. The number of carbonyl (C=O) groups excluding carboxylic acids is 3. The molecule has 5 aromatic rings. The molecule has 58 heavy (non-hydrogen) atoms. The lowest BCUT2D eigenvalue weighted by Crippen LogP contribution is -2.51. The van der Waals surface area contributed by atoms with Crippen LogP contribution < -0.4 is 14.8 Å². The van der Waals surface area contributed by atoms with E-state index >= 15 is 0 Å². The van der Waals surface area contributed by atoms with Crippen LogP contribution in [0.4, 0.5) is 0 Å². The SMILES string of the molecule is C=C1CCC(N2C(=O)c3ccc(OCCOCCOCCOCCOCCOCCOc4ccc(-c5ccc6c7cnccc7n(C)c6c5)cn4)cc3C2=O)C(=O)N1. The number of imide groups is 1. The summed E-state index contributed by atoms with van der Waals surface area (Å²) in [7, 11) is 2.07. The predicted molar refractivity (Wildman–Crippen MR) is 214 cm³/mol. The van der Waals surface area contributed by atoms with Crippen LogP contribution in [0.2, 0.25) is 0 Å². The number of amides is 3. The van der Waals surface area contributed by atoms with Gasteiger partial charge in [0.15, 0.2) is 0 Å². The topological polar surface area (TPSA) is 162 Å². The molecular weight excluding hydrogens is 746 g/mol. The van der Waals surface area contributed by atoms with E-state index < -0.39 is 23.8 Å². The van der Waals surface area contributed by atoms with Crippen molar-refractivity contribution in [3.63, 3.8) is 0 Å². The Balaban J connectivity index is 0.658. The maximum atomic E-state index is 13.0. The molecule has 3 aromatic heterocycles. The highest BCUT2D eigenvalue weighted by Crippen LogP contribution is 2.32. The number of aryl methyl sites for hydroxylation is 1. The number of piperidine rings is 1. The van der Waals surface area contributed by atoms with E-state index in [-0.39, 0.29) is 17.7 Å². The molecule has 2 aromatic carbocycles. The molecule has 1 N–H and O–H groups in total. The normalized spacial score (nSPS) is 15.4. The van der Waals surface area contributed by atoms with Crippen molar-refractivity contribution < 1.29 is 47.5 Å². The summed E-state index contributed by atoms with van der Waals surface area (Å²) in [5, 5.41) is 4.94. The highest BCUT2D eigenvalue weighted by molar-refractivity contribution is 6.23. The van der Waals surface area contributed by atoms with Gasteiger partial charge in [-0.15, -0.1) is 0 Å². The fraction of sp³-hybridized carbons (Fsp3) is 0.372. The summed E-state index contributed by atoms with van der Waals surface area (Å²) in [6.45, 7) is 8.54. The molecule has 3 amide bonds. The summed E-state index contributed by atoms with van der Waals surface area (Å²) >= 11 is 0. The van der Waals surface area contributed by atoms with Crippen molar-refractivity contribution in [2.24, 2.45) is 7.05 Å². The molecule has 15 heteroatoms. The summed E-state index contributed by atoms with van der Waals surface area (Å²) in [5.74, 6) is -0.414. The summed E-state index contributed by atoms with van der Waals surface area (Å²) in [5.41, 5.74) is 5.44. The van der Waals surface area contributed by atoms with Gasteiger partial charge in [-0.25, -0.2) is 4.98 Å². The molecule has 5 heterocycles. The minimum absolute atomic E-state index is 0.219. The minimum Gasteiger partial charge on any atom is -0.491 e. The third-order valence-electron chi connectivity index (χ3n) is 9.86. The number of allylic oxidation sites excluding steroid dienone is 1. The van der Waals surface area contributed by atoms with Gasteiger partial charge in [0.2, 0.25) is 11.8 Å². The Morgan fingerprint density at radius 2 is 1.31 bits per heavy atom. The largest absolute Gasteiger partial charge is 0.491 e. The zero-order valence-electron chi connectivity index (χ0n) is 32.5. The lowest BCUT2D eigenvalue weighted by atomic mass is 10.0. The number of rotatable bonds is 22. The molecule has 0 spiro atoms. The maximum absolute atomic E-state index is 13.0. The molecule has 304 valence electrons. The molecule has 1 unspecified atom stereocenters. The van der Waals surface area contributed by atoms with Crippen molar-refractivity contribution in [2.75, 3.05) is 79.3 Å². The van der Waals surface area contributed by atoms with Crippen molar-refractivity contribution in [1.82, 2.24) is 24.8 Å². The minimum atomic E-state index is -0.855. The van der Waals surface area contributed by atoms with E-state index in [2.05, 4.69) is 51.7 Å². The van der Waals surface area contributed by atoms with E-state index in [0.717, 1.165) is 32.4 Å². The maximum Gasteiger partial charge on any atom is 0.262 e. The van der Waals surface area contributed by atoms with E-state index in [9.17, 15) is 14.4 Å². The first-order valence-corrected chi connectivity index (χ1v) is 19.3. The predicted octanol–water partition coefficient (Wildman–Crippen LogP) is 4.72. The van der Waals surface area contributed by atoms with Gasteiger partial charge in [0.25, 0.3) is 11.8 Å². The summed E-state index contributed by atoms with van der Waals surface area (Å²) in [4.78, 5) is 48.1. The van der Waals surface area contributed by atoms with Crippen molar-refractivity contribution in [3.05, 3.63) is 96.6 Å². The average Bonchev–Trinajstić information content (AvgIpc) is 3.66. The van der Waals surface area contributed by atoms with Gasteiger partial charge in [0.05, 0.1) is 82.7 Å². The van der Waals surface area contributed by atoms with Crippen molar-refractivity contribution in [2.45, 2.75) is 18.9 Å². The third-order valence-corrected chi connectivity index (χ3v) is 9.86. The van der Waals surface area contributed by atoms with Gasteiger partial charge in [0, 0.05) is 59.3 Å². The van der Waals surface area contributed by atoms with Crippen LogP contribution in [0.25, 0.3) is 32.9 Å². The number of ether oxygens (including phenoxy) is 7. The van der Waals surface area contributed by atoms with Gasteiger partial charge in [-0.1, -0.05) is 18.7 Å². The summed E-state index contributed by atoms with van der Waals surface area (Å²) < 4.78 is 41.4. The van der Waals surface area contributed by atoms with E-state index in [0.29, 0.717) is 103 Å². The standard InChI is InChI=1S/C43H47N5O10/c1-29-3-9-38(41(49)46-29)48-42(50)34-8-6-32(26-35(34)43(48)51)57-23-21-55-19-17-53-15-13-52-14-16-54-18-20-56-22-24-58-40-10-5-31(27-45-40)30-4-7-33-36-28-44-12-11-37(36)47(2)39(33)25-30/h4-8,10-12,25-28,38H,1,3,9,13-24H2,2H3,(H,46,49). The smallest absolute Gasteiger partial charge is 0.262 e. The number of aromatic nitrogens is 3. The van der Waals surface area contributed by atoms with Crippen LogP contribution in [-0.4, -0.2) is 122 Å². The van der Waals surface area contributed by atoms with Gasteiger partial charge in [-0.05, 0) is 54.8 Å². The molecule has 7 rings (SSSR count). The van der Waals surface area contributed by atoms with Crippen molar-refractivity contribution in [3.8, 4) is 22.8 Å². The first kappa shape index (κ1) is 40.5. The van der Waals surface area contributed by atoms with Gasteiger partial charge in [-0.3, -0.25) is 24.3 Å². The molecule has 1 fully saturated rings. The molecule has 2 aliphatic rings. The van der Waals surface area contributed by atoms with Crippen LogP contribution in [-0.2, 0) is 35.5 Å². The number of nitrogens with zero attached hydrogens (tertiary/aromatic N) is 4. The van der Waals surface area contributed by atoms with Crippen LogP contribution in [0, 0.1) is 0 Å². The Morgan fingerprint density at radius 3 is 1.97 bits per heavy atom. The monoisotopic (exact) mass is 793 g/mol. The Kier molecular flexibility index (Phi) is 13.7. The Hall–Kier alpha value is -5.71. The van der Waals surface area contributed by atoms with Crippen LogP contribution in [0.5, 0.6) is 11.6 Å². The fourth-order valence-corrected chi connectivity index (χ4v) is 6.89. The molecule has 15 nitrogen and oxygen atoms in total. The summed E-state index contributed by atoms with van der Waals surface area (Å²) in [6, 6.07) is 16.2. The number of hydrogen-bond acceptors (Lipinski definition) is 12. The Morgan fingerprint density at radius 1 is 0.672 bits per heavy atom. The number of hydrogen-bond donors (Lipinski definition) is 1. The van der Waals surface area contributed by atoms with Crippen LogP contribution in [0.3, 0.4) is 0 Å². The van der Waals surface area contributed by atoms with Gasteiger partial charge < -0.3 is 43.0 Å². The molecule has 1 atom stereocenters. The van der Waals surface area contributed by atoms with Crippen LogP contribution in [0.15, 0.2) is 85.5 Å². The first-order chi connectivity index (χ1) is 28.4. The Bertz CT molecular complexity index is 2240. The second-order valence-electron chi connectivity index (χ2n) is 13.7. The number of fused-ring (bicyclic) bond motifs is 4. The molecule has 0 bridgehead atoms. The average molecular weight is 794 g/mol. The second kappa shape index (κ2) is 19.6. The van der Waals surface area contributed by atoms with E-state index in [1.165, 1.54) is 11.5 Å². The quantitative estimate of drug-likeness (QED) is 0.0760. The lowest BCUT2D eigenvalue weighted by molar-refractivity contribution is -0.125.